The molecule has 1 unspecified atom stereocenters. The molecule has 1 fully saturated rings. The fraction of sp³-hybridized carbons (Fsp3) is 0.538. The molecule has 0 bridgehead atoms. The van der Waals surface area contributed by atoms with E-state index in [-0.39, 0.29) is 0 Å². The first-order chi connectivity index (χ1) is 8.22. The summed E-state index contributed by atoms with van der Waals surface area (Å²) in [7, 11) is 1.67. The van der Waals surface area contributed by atoms with Gasteiger partial charge in [-0.2, -0.15) is 11.8 Å². The Bertz CT molecular complexity index is 364. The van der Waals surface area contributed by atoms with Gasteiger partial charge in [-0.25, -0.2) is 0 Å². The van der Waals surface area contributed by atoms with Crippen LogP contribution in [0.15, 0.2) is 24.3 Å². The number of methoxy groups -OCH3 is 1. The monoisotopic (exact) mass is 253 g/mol. The van der Waals surface area contributed by atoms with E-state index in [0.717, 1.165) is 30.2 Å². The third kappa shape index (κ3) is 3.63. The Kier molecular flexibility index (Phi) is 4.31. The molecule has 1 aliphatic rings. The zero-order valence-corrected chi connectivity index (χ0v) is 10.9. The lowest BCUT2D eigenvalue weighted by Crippen LogP contribution is -2.40. The Morgan fingerprint density at radius 1 is 1.53 bits per heavy atom. The molecule has 0 amide bonds. The SMILES string of the molecule is COc1cccc(CNCC2(O)CCSC2)c1. The normalized spacial score (nSPS) is 23.9. The summed E-state index contributed by atoms with van der Waals surface area (Å²) < 4.78 is 5.17. The highest BCUT2D eigenvalue weighted by atomic mass is 32.2. The molecular weight excluding hydrogens is 234 g/mol. The summed E-state index contributed by atoms with van der Waals surface area (Å²) in [4.78, 5) is 0. The summed E-state index contributed by atoms with van der Waals surface area (Å²) in [6, 6.07) is 7.99. The summed E-state index contributed by atoms with van der Waals surface area (Å²) in [5.41, 5.74) is 0.669. The largest absolute Gasteiger partial charge is 0.497 e. The number of benzene rings is 1. The maximum absolute atomic E-state index is 10.2. The van der Waals surface area contributed by atoms with Gasteiger partial charge in [0.25, 0.3) is 0 Å². The van der Waals surface area contributed by atoms with Crippen molar-refractivity contribution < 1.29 is 9.84 Å². The fourth-order valence-corrected chi connectivity index (χ4v) is 3.25. The van der Waals surface area contributed by atoms with E-state index in [9.17, 15) is 5.11 Å². The Hall–Kier alpha value is -0.710. The predicted octanol–water partition coefficient (Wildman–Crippen LogP) is 1.65. The second kappa shape index (κ2) is 5.76. The lowest BCUT2D eigenvalue weighted by atomic mass is 10.0. The van der Waals surface area contributed by atoms with Gasteiger partial charge in [-0.15, -0.1) is 0 Å². The lowest BCUT2D eigenvalue weighted by Gasteiger charge is -2.21. The van der Waals surface area contributed by atoms with E-state index in [2.05, 4.69) is 11.4 Å². The van der Waals surface area contributed by atoms with E-state index in [1.54, 1.807) is 7.11 Å². The minimum atomic E-state index is -0.510. The molecule has 0 aromatic heterocycles. The van der Waals surface area contributed by atoms with Crippen molar-refractivity contribution in [3.63, 3.8) is 0 Å². The van der Waals surface area contributed by atoms with Crippen molar-refractivity contribution in [2.24, 2.45) is 0 Å². The van der Waals surface area contributed by atoms with E-state index >= 15 is 0 Å². The van der Waals surface area contributed by atoms with Gasteiger partial charge in [0.2, 0.25) is 0 Å². The number of ether oxygens (including phenoxy) is 1. The molecule has 1 aromatic carbocycles. The van der Waals surface area contributed by atoms with Crippen LogP contribution in [-0.2, 0) is 6.54 Å². The molecule has 1 heterocycles. The Morgan fingerprint density at radius 2 is 2.41 bits per heavy atom. The second-order valence-electron chi connectivity index (χ2n) is 4.48. The van der Waals surface area contributed by atoms with Gasteiger partial charge < -0.3 is 15.2 Å². The van der Waals surface area contributed by atoms with Crippen molar-refractivity contribution in [1.29, 1.82) is 0 Å². The number of nitrogens with one attached hydrogen (secondary N) is 1. The van der Waals surface area contributed by atoms with Crippen LogP contribution < -0.4 is 10.1 Å². The molecule has 94 valence electrons. The second-order valence-corrected chi connectivity index (χ2v) is 5.59. The number of rotatable bonds is 5. The Morgan fingerprint density at radius 3 is 3.12 bits per heavy atom. The fourth-order valence-electron chi connectivity index (χ4n) is 1.96. The molecule has 0 aliphatic carbocycles. The third-order valence-electron chi connectivity index (χ3n) is 3.00. The van der Waals surface area contributed by atoms with Crippen LogP contribution in [0.1, 0.15) is 12.0 Å². The number of hydrogen-bond acceptors (Lipinski definition) is 4. The highest BCUT2D eigenvalue weighted by Gasteiger charge is 2.30. The van der Waals surface area contributed by atoms with Crippen LogP contribution in [0.4, 0.5) is 0 Å². The number of aliphatic hydroxyl groups is 1. The zero-order valence-electron chi connectivity index (χ0n) is 10.1. The van der Waals surface area contributed by atoms with Crippen LogP contribution in [0.5, 0.6) is 5.75 Å². The standard InChI is InChI=1S/C13H19NO2S/c1-16-12-4-2-3-11(7-12)8-14-9-13(15)5-6-17-10-13/h2-4,7,14-15H,5-6,8-10H2,1H3. The van der Waals surface area contributed by atoms with Gasteiger partial charge >= 0.3 is 0 Å². The Labute approximate surface area is 107 Å². The molecule has 2 rings (SSSR count). The van der Waals surface area contributed by atoms with Crippen molar-refractivity contribution in [3.8, 4) is 5.75 Å². The van der Waals surface area contributed by atoms with Crippen LogP contribution in [0.3, 0.4) is 0 Å². The first-order valence-corrected chi connectivity index (χ1v) is 7.01. The van der Waals surface area contributed by atoms with E-state index in [1.165, 1.54) is 5.56 Å². The Balaban J connectivity index is 1.81. The van der Waals surface area contributed by atoms with E-state index in [0.29, 0.717) is 6.54 Å². The lowest BCUT2D eigenvalue weighted by molar-refractivity contribution is 0.0675. The number of thioether (sulfide) groups is 1. The smallest absolute Gasteiger partial charge is 0.119 e. The quantitative estimate of drug-likeness (QED) is 0.837. The van der Waals surface area contributed by atoms with E-state index < -0.39 is 5.60 Å². The first-order valence-electron chi connectivity index (χ1n) is 5.86. The van der Waals surface area contributed by atoms with Gasteiger partial charge in [-0.05, 0) is 29.9 Å². The molecule has 0 saturated carbocycles. The maximum Gasteiger partial charge on any atom is 0.119 e. The molecule has 2 N–H and O–H groups in total. The average Bonchev–Trinajstić information content (AvgIpc) is 2.77. The minimum absolute atomic E-state index is 0.510. The molecule has 1 aromatic rings. The molecule has 4 heteroatoms. The molecule has 1 aliphatic heterocycles. The first kappa shape index (κ1) is 12.7. The predicted molar refractivity (Wildman–Crippen MR) is 71.6 cm³/mol. The van der Waals surface area contributed by atoms with Crippen molar-refractivity contribution in [3.05, 3.63) is 29.8 Å². The van der Waals surface area contributed by atoms with Crippen LogP contribution in [-0.4, -0.2) is 35.9 Å². The molecule has 17 heavy (non-hydrogen) atoms. The average molecular weight is 253 g/mol. The van der Waals surface area contributed by atoms with Gasteiger partial charge in [0.05, 0.1) is 12.7 Å². The van der Waals surface area contributed by atoms with Gasteiger partial charge in [0.15, 0.2) is 0 Å². The molecule has 1 atom stereocenters. The highest BCUT2D eigenvalue weighted by Crippen LogP contribution is 2.27. The summed E-state index contributed by atoms with van der Waals surface area (Å²) >= 11 is 1.82. The maximum atomic E-state index is 10.2. The molecule has 0 spiro atoms. The van der Waals surface area contributed by atoms with Gasteiger partial charge in [0.1, 0.15) is 5.75 Å². The van der Waals surface area contributed by atoms with E-state index in [1.807, 2.05) is 30.0 Å². The van der Waals surface area contributed by atoms with Crippen molar-refractivity contribution >= 4 is 11.8 Å². The summed E-state index contributed by atoms with van der Waals surface area (Å²) in [6.45, 7) is 1.43. The van der Waals surface area contributed by atoms with Crippen LogP contribution in [0.2, 0.25) is 0 Å². The van der Waals surface area contributed by atoms with Crippen molar-refractivity contribution in [2.45, 2.75) is 18.6 Å². The third-order valence-corrected chi connectivity index (χ3v) is 4.23. The summed E-state index contributed by atoms with van der Waals surface area (Å²) in [5.74, 6) is 2.79. The molecule has 0 radical (unpaired) electrons. The van der Waals surface area contributed by atoms with Crippen LogP contribution in [0.25, 0.3) is 0 Å². The van der Waals surface area contributed by atoms with Gasteiger partial charge in [-0.3, -0.25) is 0 Å². The minimum Gasteiger partial charge on any atom is -0.497 e. The number of hydrogen-bond donors (Lipinski definition) is 2. The van der Waals surface area contributed by atoms with Crippen molar-refractivity contribution in [1.82, 2.24) is 5.32 Å². The molecule has 3 nitrogen and oxygen atoms in total. The van der Waals surface area contributed by atoms with Crippen LogP contribution >= 0.6 is 11.8 Å². The molecule has 1 saturated heterocycles. The van der Waals surface area contributed by atoms with Crippen LogP contribution in [0, 0.1) is 0 Å². The topological polar surface area (TPSA) is 41.5 Å². The zero-order chi connectivity index (χ0) is 12.1. The highest BCUT2D eigenvalue weighted by molar-refractivity contribution is 7.99. The molecular formula is C13H19NO2S. The van der Waals surface area contributed by atoms with Gasteiger partial charge in [0, 0.05) is 18.8 Å². The summed E-state index contributed by atoms with van der Waals surface area (Å²) in [5, 5.41) is 13.5. The van der Waals surface area contributed by atoms with Gasteiger partial charge in [-0.1, -0.05) is 12.1 Å². The van der Waals surface area contributed by atoms with Crippen molar-refractivity contribution in [2.75, 3.05) is 25.2 Å². The summed E-state index contributed by atoms with van der Waals surface area (Å²) in [6.07, 6.45) is 0.892. The van der Waals surface area contributed by atoms with E-state index in [4.69, 9.17) is 4.74 Å².